The molecule has 0 radical (unpaired) electrons. The second-order valence-electron chi connectivity index (χ2n) is 9.90. The lowest BCUT2D eigenvalue weighted by Gasteiger charge is -2.35. The summed E-state index contributed by atoms with van der Waals surface area (Å²) in [5.74, 6) is -1.86. The molecule has 3 aliphatic heterocycles. The Kier molecular flexibility index (Phi) is 7.60. The number of thioether (sulfide) groups is 1. The Labute approximate surface area is 233 Å². The van der Waals surface area contributed by atoms with Gasteiger partial charge in [0.25, 0.3) is 0 Å². The van der Waals surface area contributed by atoms with Gasteiger partial charge >= 0.3 is 0 Å². The maximum absolute atomic E-state index is 14.0. The summed E-state index contributed by atoms with van der Waals surface area (Å²) in [7, 11) is 0. The predicted molar refractivity (Wildman–Crippen MR) is 150 cm³/mol. The van der Waals surface area contributed by atoms with Crippen molar-refractivity contribution in [1.82, 2.24) is 4.90 Å². The number of para-hydroxylation sites is 2. The highest BCUT2D eigenvalue weighted by Gasteiger charge is 2.75. The first-order valence-corrected chi connectivity index (χ1v) is 14.6. The normalized spacial score (nSPS) is 29.9. The molecule has 3 fully saturated rings. The van der Waals surface area contributed by atoms with E-state index < -0.39 is 22.6 Å². The van der Waals surface area contributed by atoms with E-state index >= 15 is 0 Å². The van der Waals surface area contributed by atoms with Crippen LogP contribution in [-0.4, -0.2) is 61.7 Å². The number of aryl methyl sites for hydroxylation is 1. The number of halogens is 2. The Bertz CT molecular complexity index is 1200. The zero-order valence-electron chi connectivity index (χ0n) is 20.3. The average Bonchev–Trinajstić information content (AvgIpc) is 3.46. The molecule has 0 aliphatic carbocycles. The van der Waals surface area contributed by atoms with E-state index in [1.165, 1.54) is 0 Å². The van der Waals surface area contributed by atoms with Crippen molar-refractivity contribution in [3.63, 3.8) is 0 Å². The maximum atomic E-state index is 14.0. The molecule has 3 saturated heterocycles. The van der Waals surface area contributed by atoms with Crippen LogP contribution in [0.15, 0.2) is 48.5 Å². The summed E-state index contributed by atoms with van der Waals surface area (Å²) in [4.78, 5) is 43.2. The third kappa shape index (κ3) is 4.58. The number of nitrogens with one attached hydrogen (secondary N) is 2. The van der Waals surface area contributed by atoms with Gasteiger partial charge in [-0.3, -0.25) is 14.4 Å². The Morgan fingerprint density at radius 1 is 1.14 bits per heavy atom. The largest absolute Gasteiger partial charge is 0.396 e. The molecule has 37 heavy (non-hydrogen) atoms. The summed E-state index contributed by atoms with van der Waals surface area (Å²) in [6.07, 6.45) is 1.69. The Balaban J connectivity index is 1.50. The topological polar surface area (TPSA) is 98.7 Å². The zero-order chi connectivity index (χ0) is 26.3. The quantitative estimate of drug-likeness (QED) is 0.305. The fraction of sp³-hybridized carbons (Fsp3) is 0.444. The highest BCUT2D eigenvalue weighted by molar-refractivity contribution is 9.09. The van der Waals surface area contributed by atoms with Crippen LogP contribution in [0.2, 0.25) is 5.02 Å². The van der Waals surface area contributed by atoms with Gasteiger partial charge in [-0.05, 0) is 49.9 Å². The minimum Gasteiger partial charge on any atom is -0.396 e. The summed E-state index contributed by atoms with van der Waals surface area (Å²) in [6, 6.07) is 13.9. The number of carbonyl (C=O) groups is 3. The third-order valence-electron chi connectivity index (χ3n) is 7.66. The predicted octanol–water partition coefficient (Wildman–Crippen LogP) is 4.46. The average molecular weight is 607 g/mol. The molecule has 3 N–H and O–H groups in total. The number of nitrogens with zero attached hydrogens (tertiary/aromatic N) is 1. The smallest absolute Gasteiger partial charge is 0.248 e. The molecule has 2 aromatic carbocycles. The van der Waals surface area contributed by atoms with Crippen LogP contribution in [0.5, 0.6) is 0 Å². The lowest BCUT2D eigenvalue weighted by Crippen LogP contribution is -2.52. The van der Waals surface area contributed by atoms with Crippen molar-refractivity contribution in [3.05, 3.63) is 59.1 Å². The van der Waals surface area contributed by atoms with Crippen LogP contribution in [0, 0.1) is 18.8 Å². The summed E-state index contributed by atoms with van der Waals surface area (Å²) >= 11 is 11.8. The van der Waals surface area contributed by atoms with Crippen LogP contribution >= 0.6 is 39.3 Å². The van der Waals surface area contributed by atoms with Gasteiger partial charge in [0.15, 0.2) is 0 Å². The number of likely N-dealkylation sites (tertiary alicyclic amines) is 1. The van der Waals surface area contributed by atoms with Crippen LogP contribution < -0.4 is 10.6 Å². The van der Waals surface area contributed by atoms with Gasteiger partial charge in [-0.2, -0.15) is 0 Å². The summed E-state index contributed by atoms with van der Waals surface area (Å²) in [5, 5.41) is 15.6. The number of amides is 3. The molecule has 3 unspecified atom stereocenters. The first kappa shape index (κ1) is 26.5. The van der Waals surface area contributed by atoms with E-state index in [2.05, 4.69) is 26.6 Å². The fourth-order valence-electron chi connectivity index (χ4n) is 6.09. The van der Waals surface area contributed by atoms with Crippen LogP contribution in [0.3, 0.4) is 0 Å². The van der Waals surface area contributed by atoms with Gasteiger partial charge in [-0.1, -0.05) is 57.9 Å². The molecule has 1 spiro atoms. The van der Waals surface area contributed by atoms with E-state index in [-0.39, 0.29) is 34.4 Å². The number of rotatable bonds is 8. The van der Waals surface area contributed by atoms with Crippen LogP contribution in [-0.2, 0) is 14.4 Å². The molecule has 3 aliphatic rings. The molecular weight excluding hydrogens is 578 g/mol. The Morgan fingerprint density at radius 2 is 1.89 bits per heavy atom. The molecule has 2 aromatic rings. The SMILES string of the molecule is Cc1cccc(Cl)c1NC(=O)C1N(CCCCO)C(=O)[C@@H]2[C@@H](C(=O)Nc3ccccc3)[C@@H]3SC12CC3Br. The number of hydrogen-bond donors (Lipinski definition) is 3. The number of benzene rings is 2. The first-order chi connectivity index (χ1) is 17.8. The van der Waals surface area contributed by atoms with Gasteiger partial charge in [0.1, 0.15) is 6.04 Å². The Hall–Kier alpha value is -2.07. The Morgan fingerprint density at radius 3 is 2.59 bits per heavy atom. The second kappa shape index (κ2) is 10.6. The summed E-state index contributed by atoms with van der Waals surface area (Å²) < 4.78 is -0.743. The molecule has 3 heterocycles. The molecule has 5 rings (SSSR count). The number of anilines is 2. The number of hydrogen-bond acceptors (Lipinski definition) is 5. The van der Waals surface area contributed by atoms with Crippen molar-refractivity contribution in [2.24, 2.45) is 11.8 Å². The van der Waals surface area contributed by atoms with E-state index in [1.807, 2.05) is 49.4 Å². The van der Waals surface area contributed by atoms with Crippen molar-refractivity contribution >= 4 is 68.4 Å². The number of aliphatic hydroxyl groups excluding tert-OH is 1. The first-order valence-electron chi connectivity index (χ1n) is 12.4. The second-order valence-corrected chi connectivity index (χ2v) is 13.0. The zero-order valence-corrected chi connectivity index (χ0v) is 23.5. The summed E-state index contributed by atoms with van der Waals surface area (Å²) in [6.45, 7) is 2.22. The lowest BCUT2D eigenvalue weighted by molar-refractivity contribution is -0.138. The lowest BCUT2D eigenvalue weighted by atomic mass is 9.70. The van der Waals surface area contributed by atoms with E-state index in [9.17, 15) is 19.5 Å². The van der Waals surface area contributed by atoms with Crippen molar-refractivity contribution in [2.45, 2.75) is 47.1 Å². The minimum absolute atomic E-state index is 0.00862. The standard InChI is InChI=1S/C27H29BrClN3O4S/c1-15-8-7-11-18(29)21(15)31-25(35)23-27-14-17(28)22(37-27)19(24(34)30-16-9-3-2-4-10-16)20(27)26(36)32(23)12-5-6-13-33/h2-4,7-11,17,19-20,22-23,33H,5-6,12-14H2,1H3,(H,30,34)(H,31,35)/t17?,19-,20+,22-,23?,27?/m1/s1. The molecule has 196 valence electrons. The summed E-state index contributed by atoms with van der Waals surface area (Å²) in [5.41, 5.74) is 2.03. The van der Waals surface area contributed by atoms with Gasteiger partial charge in [-0.25, -0.2) is 0 Å². The van der Waals surface area contributed by atoms with Crippen LogP contribution in [0.4, 0.5) is 11.4 Å². The van der Waals surface area contributed by atoms with Crippen LogP contribution in [0.25, 0.3) is 0 Å². The van der Waals surface area contributed by atoms with Crippen molar-refractivity contribution < 1.29 is 19.5 Å². The molecule has 0 aromatic heterocycles. The van der Waals surface area contributed by atoms with E-state index in [0.717, 1.165) is 5.56 Å². The van der Waals surface area contributed by atoms with Gasteiger partial charge in [-0.15, -0.1) is 11.8 Å². The molecule has 0 saturated carbocycles. The third-order valence-corrected chi connectivity index (χ3v) is 11.2. The van der Waals surface area contributed by atoms with E-state index in [4.69, 9.17) is 11.6 Å². The molecule has 2 bridgehead atoms. The molecular formula is C27H29BrClN3O4S. The van der Waals surface area contributed by atoms with Crippen molar-refractivity contribution in [1.29, 1.82) is 0 Å². The number of unbranched alkanes of at least 4 members (excludes halogenated alkanes) is 1. The molecule has 7 nitrogen and oxygen atoms in total. The van der Waals surface area contributed by atoms with Crippen molar-refractivity contribution in [3.8, 4) is 0 Å². The van der Waals surface area contributed by atoms with Gasteiger partial charge in [0, 0.05) is 28.9 Å². The minimum atomic E-state index is -0.760. The van der Waals surface area contributed by atoms with Crippen molar-refractivity contribution in [2.75, 3.05) is 23.8 Å². The highest BCUT2D eigenvalue weighted by Crippen LogP contribution is 2.67. The maximum Gasteiger partial charge on any atom is 0.248 e. The van der Waals surface area contributed by atoms with E-state index in [1.54, 1.807) is 22.7 Å². The molecule has 3 amide bonds. The number of fused-ring (bicyclic) bond motifs is 1. The number of alkyl halides is 1. The van der Waals surface area contributed by atoms with Gasteiger partial charge in [0.05, 0.1) is 27.3 Å². The number of aliphatic hydroxyl groups is 1. The van der Waals surface area contributed by atoms with Gasteiger partial charge in [0.2, 0.25) is 17.7 Å². The number of carbonyl (C=O) groups excluding carboxylic acids is 3. The fourth-order valence-corrected chi connectivity index (χ4v) is 9.98. The highest BCUT2D eigenvalue weighted by atomic mass is 79.9. The molecule has 10 heteroatoms. The monoisotopic (exact) mass is 605 g/mol. The van der Waals surface area contributed by atoms with E-state index in [0.29, 0.717) is 42.2 Å². The molecule has 6 atom stereocenters. The van der Waals surface area contributed by atoms with Crippen LogP contribution in [0.1, 0.15) is 24.8 Å². The van der Waals surface area contributed by atoms with Gasteiger partial charge < -0.3 is 20.6 Å².